The van der Waals surface area contributed by atoms with Crippen molar-refractivity contribution in [1.29, 1.82) is 0 Å². The van der Waals surface area contributed by atoms with Crippen molar-refractivity contribution in [1.82, 2.24) is 4.98 Å². The summed E-state index contributed by atoms with van der Waals surface area (Å²) in [6, 6.07) is 0. The highest BCUT2D eigenvalue weighted by Gasteiger charge is 2.22. The molecule has 1 unspecified atom stereocenters. The van der Waals surface area contributed by atoms with Gasteiger partial charge in [-0.2, -0.15) is 0 Å². The molecular weight excluding hydrogens is 298 g/mol. The van der Waals surface area contributed by atoms with Crippen LogP contribution < -0.4 is 5.32 Å². The highest BCUT2D eigenvalue weighted by Crippen LogP contribution is 2.32. The summed E-state index contributed by atoms with van der Waals surface area (Å²) in [5, 5.41) is 14.1. The Morgan fingerprint density at radius 2 is 2.11 bits per heavy atom. The lowest BCUT2D eigenvalue weighted by atomic mass is 9.82. The molecule has 6 heteroatoms. The first-order valence-electron chi connectivity index (χ1n) is 5.75. The Bertz CT molecular complexity index is 443. The van der Waals surface area contributed by atoms with E-state index in [1.54, 1.807) is 6.20 Å². The summed E-state index contributed by atoms with van der Waals surface area (Å²) in [6.07, 6.45) is 2.81. The summed E-state index contributed by atoms with van der Waals surface area (Å²) >= 11 is 3.29. The predicted molar refractivity (Wildman–Crippen MR) is 75.7 cm³/mol. The Morgan fingerprint density at radius 3 is 2.61 bits per heavy atom. The van der Waals surface area contributed by atoms with Gasteiger partial charge in [0.25, 0.3) is 0 Å². The molecular formula is C12H18BrN3O2. The summed E-state index contributed by atoms with van der Waals surface area (Å²) in [5.74, 6) is 0.386. The quantitative estimate of drug-likeness (QED) is 0.677. The molecule has 100 valence electrons. The second kappa shape index (κ2) is 5.65. The van der Waals surface area contributed by atoms with E-state index in [2.05, 4.69) is 53.9 Å². The van der Waals surface area contributed by atoms with Gasteiger partial charge in [0.15, 0.2) is 0 Å². The number of rotatable bonds is 4. The number of hydrogen-bond acceptors (Lipinski definition) is 4. The number of nitrogens with one attached hydrogen (secondary N) is 1. The number of pyridine rings is 1. The third kappa shape index (κ3) is 3.66. The van der Waals surface area contributed by atoms with Crippen LogP contribution in [0, 0.1) is 21.4 Å². The van der Waals surface area contributed by atoms with Crippen molar-refractivity contribution in [2.75, 3.05) is 11.9 Å². The second-order valence-corrected chi connectivity index (χ2v) is 6.27. The number of aromatic nitrogens is 1. The maximum absolute atomic E-state index is 10.9. The van der Waals surface area contributed by atoms with Crippen LogP contribution >= 0.6 is 15.9 Å². The molecule has 1 aromatic heterocycles. The van der Waals surface area contributed by atoms with Crippen LogP contribution in [0.1, 0.15) is 27.7 Å². The number of halogens is 1. The molecule has 0 aromatic carbocycles. The zero-order chi connectivity index (χ0) is 13.9. The molecule has 0 fully saturated rings. The van der Waals surface area contributed by atoms with Crippen molar-refractivity contribution in [3.63, 3.8) is 0 Å². The molecule has 1 rings (SSSR count). The molecule has 1 atom stereocenters. The van der Waals surface area contributed by atoms with Gasteiger partial charge in [0.05, 0.1) is 9.40 Å². The minimum absolute atomic E-state index is 0.00881. The molecule has 5 nitrogen and oxygen atoms in total. The molecule has 0 aliphatic rings. The number of hydrogen-bond donors (Lipinski definition) is 1. The Hall–Kier alpha value is -1.17. The fraction of sp³-hybridized carbons (Fsp3) is 0.583. The third-order valence-electron chi connectivity index (χ3n) is 3.14. The van der Waals surface area contributed by atoms with E-state index in [0.29, 0.717) is 22.6 Å². The van der Waals surface area contributed by atoms with Gasteiger partial charge < -0.3 is 5.32 Å². The highest BCUT2D eigenvalue weighted by molar-refractivity contribution is 9.10. The zero-order valence-corrected chi connectivity index (χ0v) is 12.6. The molecule has 18 heavy (non-hydrogen) atoms. The van der Waals surface area contributed by atoms with Crippen LogP contribution in [0.4, 0.5) is 11.4 Å². The topological polar surface area (TPSA) is 68.1 Å². The Kier molecular flexibility index (Phi) is 4.67. The van der Waals surface area contributed by atoms with Gasteiger partial charge in [0.1, 0.15) is 11.9 Å². The first kappa shape index (κ1) is 14.9. The average Bonchev–Trinajstić information content (AvgIpc) is 2.25. The molecule has 1 N–H and O–H groups in total. The fourth-order valence-electron chi connectivity index (χ4n) is 1.30. The molecule has 0 aliphatic carbocycles. The molecule has 0 bridgehead atoms. The van der Waals surface area contributed by atoms with Crippen molar-refractivity contribution in [3.8, 4) is 0 Å². The highest BCUT2D eigenvalue weighted by atomic mass is 79.9. The van der Waals surface area contributed by atoms with Crippen molar-refractivity contribution < 1.29 is 4.92 Å². The minimum Gasteiger partial charge on any atom is -0.378 e. The standard InChI is InChI=1S/C12H18BrN3O2/c1-8(12(2,3)4)5-15-11-9(13)6-14-7-10(11)16(17)18/h6-8H,5H2,1-4H3,(H,14,15). The van der Waals surface area contributed by atoms with Crippen LogP contribution in [0.2, 0.25) is 0 Å². The first-order valence-corrected chi connectivity index (χ1v) is 6.54. The van der Waals surface area contributed by atoms with Gasteiger partial charge in [-0.15, -0.1) is 0 Å². The maximum Gasteiger partial charge on any atom is 0.311 e. The third-order valence-corrected chi connectivity index (χ3v) is 3.74. The molecule has 0 aliphatic heterocycles. The van der Waals surface area contributed by atoms with Gasteiger partial charge in [0, 0.05) is 12.7 Å². The van der Waals surface area contributed by atoms with Gasteiger partial charge >= 0.3 is 5.69 Å². The molecule has 0 spiro atoms. The molecule has 1 aromatic rings. The number of nitro groups is 1. The van der Waals surface area contributed by atoms with Crippen LogP contribution in [0.5, 0.6) is 0 Å². The molecule has 0 radical (unpaired) electrons. The van der Waals surface area contributed by atoms with Crippen LogP contribution in [0.15, 0.2) is 16.9 Å². The maximum atomic E-state index is 10.9. The van der Waals surface area contributed by atoms with E-state index < -0.39 is 4.92 Å². The largest absolute Gasteiger partial charge is 0.378 e. The van der Waals surface area contributed by atoms with Gasteiger partial charge in [-0.25, -0.2) is 0 Å². The summed E-state index contributed by atoms with van der Waals surface area (Å²) in [6.45, 7) is 9.24. The van der Waals surface area contributed by atoms with Crippen LogP contribution in [-0.2, 0) is 0 Å². The van der Waals surface area contributed by atoms with E-state index in [4.69, 9.17) is 0 Å². The van der Waals surface area contributed by atoms with E-state index in [9.17, 15) is 10.1 Å². The molecule has 0 saturated carbocycles. The number of nitrogens with zero attached hydrogens (tertiary/aromatic N) is 2. The monoisotopic (exact) mass is 315 g/mol. The van der Waals surface area contributed by atoms with Gasteiger partial charge in [-0.1, -0.05) is 27.7 Å². The van der Waals surface area contributed by atoms with E-state index in [1.807, 2.05) is 0 Å². The summed E-state index contributed by atoms with van der Waals surface area (Å²) in [7, 11) is 0. The average molecular weight is 316 g/mol. The lowest BCUT2D eigenvalue weighted by Gasteiger charge is -2.27. The zero-order valence-electron chi connectivity index (χ0n) is 11.0. The number of anilines is 1. The lowest BCUT2D eigenvalue weighted by Crippen LogP contribution is -2.25. The van der Waals surface area contributed by atoms with Crippen LogP contribution in [-0.4, -0.2) is 16.5 Å². The van der Waals surface area contributed by atoms with Crippen molar-refractivity contribution in [3.05, 3.63) is 27.0 Å². The summed E-state index contributed by atoms with van der Waals surface area (Å²) in [4.78, 5) is 14.3. The molecule has 1 heterocycles. The Balaban J connectivity index is 2.88. The van der Waals surface area contributed by atoms with Crippen LogP contribution in [0.25, 0.3) is 0 Å². The van der Waals surface area contributed by atoms with Crippen molar-refractivity contribution in [2.45, 2.75) is 27.7 Å². The molecule has 0 saturated heterocycles. The fourth-order valence-corrected chi connectivity index (χ4v) is 1.76. The Morgan fingerprint density at radius 1 is 1.50 bits per heavy atom. The smallest absolute Gasteiger partial charge is 0.311 e. The predicted octanol–water partition coefficient (Wildman–Crippen LogP) is 3.85. The van der Waals surface area contributed by atoms with Gasteiger partial charge in [0.2, 0.25) is 0 Å². The lowest BCUT2D eigenvalue weighted by molar-refractivity contribution is -0.384. The van der Waals surface area contributed by atoms with Crippen molar-refractivity contribution in [2.24, 2.45) is 11.3 Å². The first-order chi connectivity index (χ1) is 8.23. The normalized spacial score (nSPS) is 13.2. The van der Waals surface area contributed by atoms with E-state index in [0.717, 1.165) is 0 Å². The summed E-state index contributed by atoms with van der Waals surface area (Å²) < 4.78 is 0.609. The van der Waals surface area contributed by atoms with Crippen molar-refractivity contribution >= 4 is 27.3 Å². The van der Waals surface area contributed by atoms with Crippen LogP contribution in [0.3, 0.4) is 0 Å². The van der Waals surface area contributed by atoms with Gasteiger partial charge in [-0.05, 0) is 27.3 Å². The molecule has 0 amide bonds. The van der Waals surface area contributed by atoms with E-state index in [1.165, 1.54) is 6.20 Å². The Labute approximate surface area is 115 Å². The minimum atomic E-state index is -0.429. The van der Waals surface area contributed by atoms with Gasteiger partial charge in [-0.3, -0.25) is 15.1 Å². The SMILES string of the molecule is CC(CNc1c(Br)cncc1[N+](=O)[O-])C(C)(C)C. The summed E-state index contributed by atoms with van der Waals surface area (Å²) in [5.41, 5.74) is 0.637. The van der Waals surface area contributed by atoms with E-state index >= 15 is 0 Å². The van der Waals surface area contributed by atoms with E-state index in [-0.39, 0.29) is 11.1 Å². The second-order valence-electron chi connectivity index (χ2n) is 5.42.